The van der Waals surface area contributed by atoms with Crippen LogP contribution in [0.5, 0.6) is 0 Å². The number of hydrogen-bond donors (Lipinski definition) is 1. The number of alkyl halides is 1. The lowest BCUT2D eigenvalue weighted by Gasteiger charge is -2.32. The van der Waals surface area contributed by atoms with Gasteiger partial charge in [0.25, 0.3) is 7.52 Å². The summed E-state index contributed by atoms with van der Waals surface area (Å²) < 4.78 is 19.1. The number of hydrogen-bond acceptors (Lipinski definition) is 3. The lowest BCUT2D eigenvalue weighted by atomic mass is 10.1. The van der Waals surface area contributed by atoms with Crippen LogP contribution in [0.4, 0.5) is 0 Å². The first-order valence-corrected chi connectivity index (χ1v) is 6.61. The van der Waals surface area contributed by atoms with Gasteiger partial charge in [0.2, 0.25) is 0 Å². The van der Waals surface area contributed by atoms with Gasteiger partial charge >= 0.3 is 0 Å². The number of rotatable bonds is 2. The van der Waals surface area contributed by atoms with Gasteiger partial charge in [-0.3, -0.25) is 4.57 Å². The molecule has 2 saturated heterocycles. The fourth-order valence-electron chi connectivity index (χ4n) is 1.95. The Hall–Kier alpha value is 0.110. The van der Waals surface area contributed by atoms with Gasteiger partial charge in [-0.2, -0.15) is 0 Å². The van der Waals surface area contributed by atoms with Gasteiger partial charge in [0.05, 0.1) is 18.8 Å². The predicted molar refractivity (Wildman–Crippen MR) is 52.0 cm³/mol. The Morgan fingerprint density at radius 3 is 3.15 bits per heavy atom. The highest BCUT2D eigenvalue weighted by molar-refractivity contribution is 7.58. The minimum Gasteiger partial charge on any atom is -0.317 e. The molecule has 13 heavy (non-hydrogen) atoms. The van der Waals surface area contributed by atoms with Crippen molar-refractivity contribution in [2.24, 2.45) is 0 Å². The standard InChI is InChI=1S/C7H12ClN2O2P/c8-2-3-10-7-1-4-12-13(10,11)5-6(7)9/h7,9H,1-5H2. The van der Waals surface area contributed by atoms with Crippen molar-refractivity contribution in [2.75, 3.05) is 25.2 Å². The largest absolute Gasteiger partial charge is 0.317 e. The maximum absolute atomic E-state index is 12.1. The quantitative estimate of drug-likeness (QED) is 0.570. The molecule has 4 nitrogen and oxygen atoms in total. The highest BCUT2D eigenvalue weighted by atomic mass is 35.5. The molecule has 2 unspecified atom stereocenters. The third-order valence-corrected chi connectivity index (χ3v) is 5.28. The van der Waals surface area contributed by atoms with Gasteiger partial charge in [-0.1, -0.05) is 0 Å². The maximum Gasteiger partial charge on any atom is 0.278 e. The predicted octanol–water partition coefficient (Wildman–Crippen LogP) is 1.54. The van der Waals surface area contributed by atoms with Gasteiger partial charge in [-0.05, 0) is 6.42 Å². The number of nitrogens with one attached hydrogen (secondary N) is 1. The summed E-state index contributed by atoms with van der Waals surface area (Å²) in [5.41, 5.74) is 0.547. The number of fused-ring (bicyclic) bond motifs is 2. The highest BCUT2D eigenvalue weighted by Crippen LogP contribution is 2.59. The molecule has 2 aliphatic heterocycles. The third kappa shape index (κ3) is 1.46. The molecule has 0 amide bonds. The van der Waals surface area contributed by atoms with Crippen molar-refractivity contribution in [1.82, 2.24) is 4.67 Å². The van der Waals surface area contributed by atoms with E-state index in [0.29, 0.717) is 30.9 Å². The molecule has 0 aromatic heterocycles. The minimum absolute atomic E-state index is 0.0262. The molecule has 2 bridgehead atoms. The first-order valence-electron chi connectivity index (χ1n) is 4.31. The van der Waals surface area contributed by atoms with E-state index in [4.69, 9.17) is 21.5 Å². The van der Waals surface area contributed by atoms with E-state index < -0.39 is 7.52 Å². The van der Waals surface area contributed by atoms with E-state index in [1.165, 1.54) is 0 Å². The second-order valence-corrected chi connectivity index (χ2v) is 6.05. The number of nitrogens with zero attached hydrogens (tertiary/aromatic N) is 1. The smallest absolute Gasteiger partial charge is 0.278 e. The Balaban J connectivity index is 2.26. The average Bonchev–Trinajstić information content (AvgIpc) is 2.23. The molecule has 2 fully saturated rings. The van der Waals surface area contributed by atoms with Gasteiger partial charge < -0.3 is 9.93 Å². The van der Waals surface area contributed by atoms with Crippen LogP contribution >= 0.6 is 19.1 Å². The van der Waals surface area contributed by atoms with Gasteiger partial charge in [0.1, 0.15) is 0 Å². The monoisotopic (exact) mass is 222 g/mol. The van der Waals surface area contributed by atoms with E-state index in [1.807, 2.05) is 0 Å². The fraction of sp³-hybridized carbons (Fsp3) is 0.857. The van der Waals surface area contributed by atoms with Crippen molar-refractivity contribution in [3.05, 3.63) is 0 Å². The summed E-state index contributed by atoms with van der Waals surface area (Å²) in [4.78, 5) is 0. The summed E-state index contributed by atoms with van der Waals surface area (Å²) in [6.07, 6.45) is 1.08. The first-order chi connectivity index (χ1) is 6.17. The second-order valence-electron chi connectivity index (χ2n) is 3.31. The molecule has 1 N–H and O–H groups in total. The zero-order valence-electron chi connectivity index (χ0n) is 7.20. The molecule has 2 atom stereocenters. The first kappa shape index (κ1) is 9.66. The molecule has 2 heterocycles. The normalized spacial score (nSPS) is 39.8. The molecule has 0 saturated carbocycles. The van der Waals surface area contributed by atoms with Crippen molar-refractivity contribution >= 4 is 24.8 Å². The van der Waals surface area contributed by atoms with Crippen molar-refractivity contribution < 1.29 is 9.09 Å². The summed E-state index contributed by atoms with van der Waals surface area (Å²) in [5.74, 6) is 0.442. The van der Waals surface area contributed by atoms with Crippen molar-refractivity contribution in [1.29, 1.82) is 5.41 Å². The van der Waals surface area contributed by atoms with Crippen molar-refractivity contribution in [3.8, 4) is 0 Å². The molecule has 0 radical (unpaired) electrons. The third-order valence-electron chi connectivity index (χ3n) is 2.52. The molecular formula is C7H12ClN2O2P. The fourth-order valence-corrected chi connectivity index (χ4v) is 4.79. The Morgan fingerprint density at radius 1 is 1.77 bits per heavy atom. The maximum atomic E-state index is 12.1. The Labute approximate surface area is 82.2 Å². The second kappa shape index (κ2) is 3.35. The van der Waals surface area contributed by atoms with Crippen LogP contribution in [0.1, 0.15) is 6.42 Å². The molecule has 0 aromatic rings. The molecular weight excluding hydrogens is 211 g/mol. The Bertz CT molecular complexity index is 284. The summed E-state index contributed by atoms with van der Waals surface area (Å²) in [6, 6.07) is 0.0262. The lowest BCUT2D eigenvalue weighted by Crippen LogP contribution is -2.36. The van der Waals surface area contributed by atoms with Crippen LogP contribution in [0.3, 0.4) is 0 Å². The van der Waals surface area contributed by atoms with Crippen LogP contribution in [0.2, 0.25) is 0 Å². The average molecular weight is 223 g/mol. The topological polar surface area (TPSA) is 53.4 Å². The minimum atomic E-state index is -2.68. The molecule has 0 aliphatic carbocycles. The zero-order chi connectivity index (χ0) is 9.47. The SMILES string of the molecule is N=C1CP2(=O)OCCC1N2CCCl. The van der Waals surface area contributed by atoms with Gasteiger partial charge in [-0.15, -0.1) is 11.6 Å². The van der Waals surface area contributed by atoms with Crippen LogP contribution in [-0.2, 0) is 9.09 Å². The van der Waals surface area contributed by atoms with Crippen LogP contribution in [0, 0.1) is 5.41 Å². The van der Waals surface area contributed by atoms with Gasteiger partial charge in [-0.25, -0.2) is 4.67 Å². The highest BCUT2D eigenvalue weighted by Gasteiger charge is 2.49. The van der Waals surface area contributed by atoms with Crippen molar-refractivity contribution in [2.45, 2.75) is 12.5 Å². The van der Waals surface area contributed by atoms with Crippen LogP contribution < -0.4 is 0 Å². The van der Waals surface area contributed by atoms with Gasteiger partial charge in [0, 0.05) is 18.1 Å². The lowest BCUT2D eigenvalue weighted by molar-refractivity contribution is 0.203. The van der Waals surface area contributed by atoms with E-state index >= 15 is 0 Å². The van der Waals surface area contributed by atoms with E-state index in [-0.39, 0.29) is 6.04 Å². The van der Waals surface area contributed by atoms with Crippen LogP contribution in [0.15, 0.2) is 0 Å². The van der Waals surface area contributed by atoms with Crippen LogP contribution in [0.25, 0.3) is 0 Å². The van der Waals surface area contributed by atoms with E-state index in [1.54, 1.807) is 4.67 Å². The number of halogens is 1. The van der Waals surface area contributed by atoms with E-state index in [0.717, 1.165) is 6.42 Å². The molecule has 2 rings (SSSR count). The summed E-state index contributed by atoms with van der Waals surface area (Å²) in [6.45, 7) is 1.08. The molecule has 74 valence electrons. The van der Waals surface area contributed by atoms with Crippen molar-refractivity contribution in [3.63, 3.8) is 0 Å². The van der Waals surface area contributed by atoms with Crippen LogP contribution in [-0.4, -0.2) is 41.6 Å². The zero-order valence-corrected chi connectivity index (χ0v) is 8.85. The van der Waals surface area contributed by atoms with Gasteiger partial charge in [0.15, 0.2) is 0 Å². The van der Waals surface area contributed by atoms with E-state index in [9.17, 15) is 4.57 Å². The molecule has 0 aromatic carbocycles. The molecule has 6 heteroatoms. The Morgan fingerprint density at radius 2 is 2.54 bits per heavy atom. The summed E-state index contributed by atoms with van der Waals surface area (Å²) >= 11 is 5.61. The molecule has 0 spiro atoms. The summed E-state index contributed by atoms with van der Waals surface area (Å²) in [7, 11) is -2.68. The summed E-state index contributed by atoms with van der Waals surface area (Å²) in [5, 5.41) is 7.67. The Kier molecular flexibility index (Phi) is 2.49. The molecule has 2 aliphatic rings. The van der Waals surface area contributed by atoms with E-state index in [2.05, 4.69) is 0 Å².